The number of halogens is 3. The van der Waals surface area contributed by atoms with Crippen molar-refractivity contribution in [1.82, 2.24) is 4.98 Å². The Bertz CT molecular complexity index is 647. The number of amides is 1. The number of aryl methyl sites for hydroxylation is 1. The van der Waals surface area contributed by atoms with Crippen molar-refractivity contribution in [2.24, 2.45) is 0 Å². The lowest BCUT2D eigenvalue weighted by Gasteiger charge is -2.07. The van der Waals surface area contributed by atoms with Crippen LogP contribution >= 0.6 is 23.2 Å². The molecule has 0 bridgehead atoms. The lowest BCUT2D eigenvalue weighted by molar-refractivity contribution is 0.102. The molecule has 0 saturated heterocycles. The molecule has 0 radical (unpaired) electrons. The highest BCUT2D eigenvalue weighted by molar-refractivity contribution is 6.34. The van der Waals surface area contributed by atoms with Gasteiger partial charge in [-0.2, -0.15) is 0 Å². The Morgan fingerprint density at radius 1 is 1.26 bits per heavy atom. The number of carbonyl (C=O) groups excluding carboxylic acids is 1. The van der Waals surface area contributed by atoms with E-state index in [1.54, 1.807) is 13.0 Å². The van der Waals surface area contributed by atoms with Gasteiger partial charge in [0, 0.05) is 17.6 Å². The molecule has 1 aromatic heterocycles. The molecule has 98 valence electrons. The highest BCUT2D eigenvalue weighted by Gasteiger charge is 2.12. The molecule has 2 aromatic rings. The van der Waals surface area contributed by atoms with Gasteiger partial charge in [0.25, 0.3) is 5.91 Å². The second-order valence-electron chi connectivity index (χ2n) is 3.89. The quantitative estimate of drug-likeness (QED) is 0.907. The van der Waals surface area contributed by atoms with E-state index in [0.717, 1.165) is 0 Å². The zero-order valence-electron chi connectivity index (χ0n) is 9.88. The van der Waals surface area contributed by atoms with Crippen LogP contribution in [0.25, 0.3) is 0 Å². The van der Waals surface area contributed by atoms with Gasteiger partial charge in [0.1, 0.15) is 5.82 Å². The van der Waals surface area contributed by atoms with Crippen molar-refractivity contribution < 1.29 is 9.18 Å². The zero-order valence-corrected chi connectivity index (χ0v) is 11.4. The number of carbonyl (C=O) groups is 1. The SMILES string of the molecule is Cc1cc(Cl)c(C(=O)Nc2ccc(F)c(Cl)c2)cn1. The number of rotatable bonds is 2. The Balaban J connectivity index is 2.23. The number of aromatic nitrogens is 1. The van der Waals surface area contributed by atoms with E-state index in [0.29, 0.717) is 16.4 Å². The fraction of sp³-hybridized carbons (Fsp3) is 0.0769. The maximum absolute atomic E-state index is 13.0. The molecule has 0 saturated carbocycles. The summed E-state index contributed by atoms with van der Waals surface area (Å²) in [4.78, 5) is 16.0. The summed E-state index contributed by atoms with van der Waals surface area (Å²) in [5.74, 6) is -0.977. The third-order valence-corrected chi connectivity index (χ3v) is 3.01. The number of nitrogens with zero attached hydrogens (tertiary/aromatic N) is 1. The fourth-order valence-corrected chi connectivity index (χ4v) is 1.94. The molecular formula is C13H9Cl2FN2O. The Labute approximate surface area is 119 Å². The summed E-state index contributed by atoms with van der Waals surface area (Å²) in [6.45, 7) is 1.77. The molecule has 0 atom stereocenters. The van der Waals surface area contributed by atoms with Gasteiger partial charge in [-0.05, 0) is 31.2 Å². The number of hydrogen-bond acceptors (Lipinski definition) is 2. The summed E-state index contributed by atoms with van der Waals surface area (Å²) >= 11 is 11.6. The van der Waals surface area contributed by atoms with Crippen molar-refractivity contribution in [2.45, 2.75) is 6.92 Å². The molecule has 1 aromatic carbocycles. The van der Waals surface area contributed by atoms with Gasteiger partial charge in [-0.15, -0.1) is 0 Å². The van der Waals surface area contributed by atoms with Crippen LogP contribution in [0.15, 0.2) is 30.5 Å². The maximum atomic E-state index is 13.0. The first-order valence-corrected chi connectivity index (χ1v) is 6.11. The van der Waals surface area contributed by atoms with Crippen LogP contribution in [0.2, 0.25) is 10.0 Å². The molecule has 0 aliphatic rings. The minimum atomic E-state index is -0.547. The Morgan fingerprint density at radius 2 is 2.00 bits per heavy atom. The summed E-state index contributed by atoms with van der Waals surface area (Å²) in [6, 6.07) is 5.50. The van der Waals surface area contributed by atoms with Gasteiger partial charge < -0.3 is 5.32 Å². The smallest absolute Gasteiger partial charge is 0.258 e. The molecule has 3 nitrogen and oxygen atoms in total. The van der Waals surface area contributed by atoms with Crippen molar-refractivity contribution in [1.29, 1.82) is 0 Å². The summed E-state index contributed by atoms with van der Waals surface area (Å²) in [5, 5.41) is 2.81. The summed E-state index contributed by atoms with van der Waals surface area (Å²) in [6.07, 6.45) is 1.39. The largest absolute Gasteiger partial charge is 0.322 e. The summed E-state index contributed by atoms with van der Waals surface area (Å²) < 4.78 is 13.0. The van der Waals surface area contributed by atoms with Crippen LogP contribution in [-0.4, -0.2) is 10.9 Å². The Kier molecular flexibility index (Phi) is 4.02. The minimum absolute atomic E-state index is 0.0640. The van der Waals surface area contributed by atoms with Gasteiger partial charge in [0.2, 0.25) is 0 Å². The third-order valence-electron chi connectivity index (χ3n) is 2.41. The highest BCUT2D eigenvalue weighted by Crippen LogP contribution is 2.21. The number of hydrogen-bond donors (Lipinski definition) is 1. The van der Waals surface area contributed by atoms with E-state index in [2.05, 4.69) is 10.3 Å². The fourth-order valence-electron chi connectivity index (χ4n) is 1.47. The molecule has 0 aliphatic heterocycles. The highest BCUT2D eigenvalue weighted by atomic mass is 35.5. The van der Waals surface area contributed by atoms with Crippen molar-refractivity contribution >= 4 is 34.8 Å². The van der Waals surface area contributed by atoms with Crippen molar-refractivity contribution in [2.75, 3.05) is 5.32 Å². The van der Waals surface area contributed by atoms with E-state index >= 15 is 0 Å². The topological polar surface area (TPSA) is 42.0 Å². The van der Waals surface area contributed by atoms with Crippen LogP contribution in [0.1, 0.15) is 16.1 Å². The van der Waals surface area contributed by atoms with E-state index in [4.69, 9.17) is 23.2 Å². The average molecular weight is 299 g/mol. The van der Waals surface area contributed by atoms with Crippen molar-refractivity contribution in [3.63, 3.8) is 0 Å². The van der Waals surface area contributed by atoms with Crippen molar-refractivity contribution in [3.8, 4) is 0 Å². The predicted molar refractivity (Wildman–Crippen MR) is 73.3 cm³/mol. The minimum Gasteiger partial charge on any atom is -0.322 e. The van der Waals surface area contributed by atoms with E-state index in [-0.39, 0.29) is 10.6 Å². The molecule has 2 rings (SSSR count). The van der Waals surface area contributed by atoms with Gasteiger partial charge in [-0.25, -0.2) is 4.39 Å². The van der Waals surface area contributed by atoms with Gasteiger partial charge >= 0.3 is 0 Å². The third kappa shape index (κ3) is 3.22. The summed E-state index contributed by atoms with van der Waals surface area (Å²) in [7, 11) is 0. The van der Waals surface area contributed by atoms with Gasteiger partial charge in [-0.3, -0.25) is 9.78 Å². The van der Waals surface area contributed by atoms with Gasteiger partial charge in [0.15, 0.2) is 0 Å². The van der Waals surface area contributed by atoms with Gasteiger partial charge in [-0.1, -0.05) is 23.2 Å². The van der Waals surface area contributed by atoms with Crippen LogP contribution in [-0.2, 0) is 0 Å². The first kappa shape index (κ1) is 13.8. The summed E-state index contributed by atoms with van der Waals surface area (Å²) in [5.41, 5.74) is 1.34. The monoisotopic (exact) mass is 298 g/mol. The van der Waals surface area contributed by atoms with E-state index in [1.807, 2.05) is 0 Å². The zero-order chi connectivity index (χ0) is 14.0. The number of anilines is 1. The van der Waals surface area contributed by atoms with Crippen LogP contribution in [0.4, 0.5) is 10.1 Å². The molecule has 19 heavy (non-hydrogen) atoms. The number of nitrogens with one attached hydrogen (secondary N) is 1. The number of pyridine rings is 1. The molecule has 0 aliphatic carbocycles. The Morgan fingerprint density at radius 3 is 2.63 bits per heavy atom. The lowest BCUT2D eigenvalue weighted by atomic mass is 10.2. The van der Waals surface area contributed by atoms with Crippen molar-refractivity contribution in [3.05, 3.63) is 57.6 Å². The molecule has 6 heteroatoms. The van der Waals surface area contributed by atoms with E-state index < -0.39 is 11.7 Å². The standard InChI is InChI=1S/C13H9Cl2FN2O/c1-7-4-10(14)9(6-17-7)13(19)18-8-2-3-12(16)11(15)5-8/h2-6H,1H3,(H,18,19). The molecular weight excluding hydrogens is 290 g/mol. The first-order valence-electron chi connectivity index (χ1n) is 5.36. The van der Waals surface area contributed by atoms with Crippen LogP contribution in [0.5, 0.6) is 0 Å². The second-order valence-corrected chi connectivity index (χ2v) is 4.70. The molecule has 0 fully saturated rings. The normalized spacial score (nSPS) is 10.3. The molecule has 1 N–H and O–H groups in total. The molecule has 1 heterocycles. The van der Waals surface area contributed by atoms with Gasteiger partial charge in [0.05, 0.1) is 15.6 Å². The molecule has 0 unspecified atom stereocenters. The second kappa shape index (κ2) is 5.55. The van der Waals surface area contributed by atoms with E-state index in [1.165, 1.54) is 24.4 Å². The van der Waals surface area contributed by atoms with Crippen LogP contribution in [0, 0.1) is 12.7 Å². The average Bonchev–Trinajstić information content (AvgIpc) is 2.33. The van der Waals surface area contributed by atoms with Crippen LogP contribution < -0.4 is 5.32 Å². The number of benzene rings is 1. The molecule has 1 amide bonds. The predicted octanol–water partition coefficient (Wildman–Crippen LogP) is 4.09. The lowest BCUT2D eigenvalue weighted by Crippen LogP contribution is -2.13. The van der Waals surface area contributed by atoms with E-state index in [9.17, 15) is 9.18 Å². The maximum Gasteiger partial charge on any atom is 0.258 e. The first-order chi connectivity index (χ1) is 8.97. The van der Waals surface area contributed by atoms with Crippen LogP contribution in [0.3, 0.4) is 0 Å². The molecule has 0 spiro atoms. The Hall–Kier alpha value is -1.65.